The van der Waals surface area contributed by atoms with Gasteiger partial charge >= 0.3 is 0 Å². The Hall–Kier alpha value is -1.33. The SMILES string of the molecule is O=C(c1ccc(Cl)cc1[N+](=O)[O-])N(CCCl)C1CCC1. The highest BCUT2D eigenvalue weighted by Gasteiger charge is 2.32. The van der Waals surface area contributed by atoms with Crippen LogP contribution in [0.3, 0.4) is 0 Å². The molecule has 2 rings (SSSR count). The van der Waals surface area contributed by atoms with E-state index in [0.717, 1.165) is 19.3 Å². The molecular formula is C13H14Cl2N2O3. The van der Waals surface area contributed by atoms with Crippen LogP contribution in [0.5, 0.6) is 0 Å². The first-order chi connectivity index (χ1) is 9.54. The summed E-state index contributed by atoms with van der Waals surface area (Å²) in [5.41, 5.74) is -0.196. The third-order valence-corrected chi connectivity index (χ3v) is 3.89. The summed E-state index contributed by atoms with van der Waals surface area (Å²) in [6.07, 6.45) is 2.91. The number of alkyl halides is 1. The van der Waals surface area contributed by atoms with E-state index in [1.54, 1.807) is 4.90 Å². The lowest BCUT2D eigenvalue weighted by atomic mass is 9.91. The van der Waals surface area contributed by atoms with Crippen LogP contribution in [0, 0.1) is 10.1 Å². The molecule has 108 valence electrons. The van der Waals surface area contributed by atoms with E-state index in [9.17, 15) is 14.9 Å². The van der Waals surface area contributed by atoms with Gasteiger partial charge in [0.05, 0.1) is 4.92 Å². The maximum atomic E-state index is 12.5. The number of hydrogen-bond acceptors (Lipinski definition) is 3. The Bertz CT molecular complexity index is 532. The van der Waals surface area contributed by atoms with Crippen LogP contribution in [-0.4, -0.2) is 34.2 Å². The highest BCUT2D eigenvalue weighted by molar-refractivity contribution is 6.31. The third kappa shape index (κ3) is 3.04. The number of nitrogens with zero attached hydrogens (tertiary/aromatic N) is 2. The summed E-state index contributed by atoms with van der Waals surface area (Å²) >= 11 is 11.5. The normalized spacial score (nSPS) is 14.7. The molecule has 7 heteroatoms. The molecule has 0 spiro atoms. The molecule has 0 bridgehead atoms. The van der Waals surface area contributed by atoms with Crippen molar-refractivity contribution in [3.8, 4) is 0 Å². The summed E-state index contributed by atoms with van der Waals surface area (Å²) in [5.74, 6) is -0.0393. The molecule has 20 heavy (non-hydrogen) atoms. The lowest BCUT2D eigenvalue weighted by molar-refractivity contribution is -0.385. The molecule has 1 aliphatic rings. The Balaban J connectivity index is 2.33. The second kappa shape index (κ2) is 6.41. The van der Waals surface area contributed by atoms with Crippen LogP contribution >= 0.6 is 23.2 Å². The molecule has 1 amide bonds. The summed E-state index contributed by atoms with van der Waals surface area (Å²) in [6.45, 7) is 0.394. The Morgan fingerprint density at radius 3 is 2.65 bits per heavy atom. The summed E-state index contributed by atoms with van der Waals surface area (Å²) in [6, 6.07) is 4.23. The minimum atomic E-state index is -0.585. The first-order valence-corrected chi connectivity index (χ1v) is 7.26. The Morgan fingerprint density at radius 2 is 2.15 bits per heavy atom. The van der Waals surface area contributed by atoms with Crippen molar-refractivity contribution in [1.29, 1.82) is 0 Å². The first kappa shape index (κ1) is 15.1. The largest absolute Gasteiger partial charge is 0.334 e. The van der Waals surface area contributed by atoms with Crippen molar-refractivity contribution < 1.29 is 9.72 Å². The van der Waals surface area contributed by atoms with Crippen LogP contribution in [0.15, 0.2) is 18.2 Å². The molecular weight excluding hydrogens is 303 g/mol. The Kier molecular flexibility index (Phi) is 4.83. The molecule has 1 aromatic carbocycles. The van der Waals surface area contributed by atoms with Gasteiger partial charge in [-0.2, -0.15) is 0 Å². The molecule has 0 aliphatic heterocycles. The van der Waals surface area contributed by atoms with Crippen molar-refractivity contribution in [2.24, 2.45) is 0 Å². The highest BCUT2D eigenvalue weighted by atomic mass is 35.5. The maximum Gasteiger partial charge on any atom is 0.283 e. The molecule has 0 N–H and O–H groups in total. The second-order valence-electron chi connectivity index (χ2n) is 4.69. The van der Waals surface area contributed by atoms with Crippen molar-refractivity contribution in [3.63, 3.8) is 0 Å². The Morgan fingerprint density at radius 1 is 1.45 bits per heavy atom. The number of nitro groups is 1. The van der Waals surface area contributed by atoms with Gasteiger partial charge in [0.1, 0.15) is 5.56 Å². The molecule has 0 aromatic heterocycles. The number of nitro benzene ring substituents is 1. The third-order valence-electron chi connectivity index (χ3n) is 3.49. The van der Waals surface area contributed by atoms with Crippen molar-refractivity contribution in [2.75, 3.05) is 12.4 Å². The van der Waals surface area contributed by atoms with E-state index in [2.05, 4.69) is 0 Å². The fourth-order valence-electron chi connectivity index (χ4n) is 2.23. The van der Waals surface area contributed by atoms with Crippen LogP contribution < -0.4 is 0 Å². The lowest BCUT2D eigenvalue weighted by Crippen LogP contribution is -2.45. The van der Waals surface area contributed by atoms with Gasteiger partial charge in [0.2, 0.25) is 0 Å². The quantitative estimate of drug-likeness (QED) is 0.474. The fourth-order valence-corrected chi connectivity index (χ4v) is 2.58. The van der Waals surface area contributed by atoms with Gasteiger partial charge < -0.3 is 4.90 Å². The molecule has 1 fully saturated rings. The summed E-state index contributed by atoms with van der Waals surface area (Å²) in [4.78, 5) is 24.6. The number of amides is 1. The standard InChI is InChI=1S/C13H14Cl2N2O3/c14-6-7-16(10-2-1-3-10)13(18)11-5-4-9(15)8-12(11)17(19)20/h4-5,8,10H,1-3,6-7H2. The Labute approximate surface area is 126 Å². The molecule has 0 heterocycles. The predicted molar refractivity (Wildman–Crippen MR) is 77.5 cm³/mol. The van der Waals surface area contributed by atoms with Gasteiger partial charge in [0.25, 0.3) is 11.6 Å². The van der Waals surface area contributed by atoms with E-state index in [1.807, 2.05) is 0 Å². The van der Waals surface area contributed by atoms with Crippen LogP contribution in [0.1, 0.15) is 29.6 Å². The highest BCUT2D eigenvalue weighted by Crippen LogP contribution is 2.29. The van der Waals surface area contributed by atoms with Crippen molar-refractivity contribution in [3.05, 3.63) is 38.9 Å². The molecule has 0 saturated heterocycles. The van der Waals surface area contributed by atoms with E-state index in [-0.39, 0.29) is 28.2 Å². The van der Waals surface area contributed by atoms with Gasteiger partial charge in [-0.05, 0) is 31.4 Å². The van der Waals surface area contributed by atoms with Crippen molar-refractivity contribution in [2.45, 2.75) is 25.3 Å². The van der Waals surface area contributed by atoms with Gasteiger partial charge in [-0.25, -0.2) is 0 Å². The molecule has 0 radical (unpaired) electrons. The van der Waals surface area contributed by atoms with E-state index in [0.29, 0.717) is 12.4 Å². The van der Waals surface area contributed by atoms with Gasteiger partial charge in [0, 0.05) is 29.6 Å². The maximum absolute atomic E-state index is 12.5. The zero-order valence-electron chi connectivity index (χ0n) is 10.7. The van der Waals surface area contributed by atoms with E-state index >= 15 is 0 Å². The number of benzene rings is 1. The summed E-state index contributed by atoms with van der Waals surface area (Å²) in [5, 5.41) is 11.3. The molecule has 0 unspecified atom stereocenters. The van der Waals surface area contributed by atoms with Gasteiger partial charge in [-0.1, -0.05) is 11.6 Å². The van der Waals surface area contributed by atoms with Crippen LogP contribution in [0.2, 0.25) is 5.02 Å². The monoisotopic (exact) mass is 316 g/mol. The number of rotatable bonds is 5. The first-order valence-electron chi connectivity index (χ1n) is 6.35. The number of carbonyl (C=O) groups is 1. The average Bonchev–Trinajstić information content (AvgIpc) is 2.35. The zero-order valence-corrected chi connectivity index (χ0v) is 12.2. The fraction of sp³-hybridized carbons (Fsp3) is 0.462. The van der Waals surface area contributed by atoms with Crippen molar-refractivity contribution in [1.82, 2.24) is 4.90 Å². The smallest absolute Gasteiger partial charge is 0.283 e. The van der Waals surface area contributed by atoms with E-state index in [4.69, 9.17) is 23.2 Å². The van der Waals surface area contributed by atoms with Crippen molar-refractivity contribution >= 4 is 34.8 Å². The van der Waals surface area contributed by atoms with Gasteiger partial charge in [-0.3, -0.25) is 14.9 Å². The predicted octanol–water partition coefficient (Wildman–Crippen LogP) is 3.48. The van der Waals surface area contributed by atoms with Gasteiger partial charge in [-0.15, -0.1) is 11.6 Å². The lowest BCUT2D eigenvalue weighted by Gasteiger charge is -2.37. The number of carbonyl (C=O) groups excluding carboxylic acids is 1. The summed E-state index contributed by atoms with van der Waals surface area (Å²) in [7, 11) is 0. The van der Waals surface area contributed by atoms with Crippen LogP contribution in [0.4, 0.5) is 5.69 Å². The number of halogens is 2. The minimum absolute atomic E-state index is 0.0661. The van der Waals surface area contributed by atoms with Crippen LogP contribution in [-0.2, 0) is 0 Å². The molecule has 5 nitrogen and oxygen atoms in total. The zero-order chi connectivity index (χ0) is 14.7. The molecule has 1 aromatic rings. The molecule has 1 aliphatic carbocycles. The topological polar surface area (TPSA) is 63.4 Å². The minimum Gasteiger partial charge on any atom is -0.334 e. The average molecular weight is 317 g/mol. The van der Waals surface area contributed by atoms with E-state index in [1.165, 1.54) is 18.2 Å². The number of hydrogen-bond donors (Lipinski definition) is 0. The second-order valence-corrected chi connectivity index (χ2v) is 5.51. The van der Waals surface area contributed by atoms with Gasteiger partial charge in [0.15, 0.2) is 0 Å². The van der Waals surface area contributed by atoms with Crippen LogP contribution in [0.25, 0.3) is 0 Å². The summed E-state index contributed by atoms with van der Waals surface area (Å²) < 4.78 is 0. The van der Waals surface area contributed by atoms with E-state index < -0.39 is 4.92 Å². The molecule has 1 saturated carbocycles. The molecule has 0 atom stereocenters.